The number of nitrogen functional groups attached to an aromatic ring is 1. The van der Waals surface area contributed by atoms with Crippen LogP contribution in [0.2, 0.25) is 0 Å². The first-order valence-electron chi connectivity index (χ1n) is 6.63. The number of nitrogens with zero attached hydrogens (tertiary/aromatic N) is 2. The van der Waals surface area contributed by atoms with Crippen molar-refractivity contribution in [2.45, 2.75) is 12.8 Å². The van der Waals surface area contributed by atoms with Crippen LogP contribution in [0.25, 0.3) is 10.8 Å². The summed E-state index contributed by atoms with van der Waals surface area (Å²) in [4.78, 5) is 5.34. The number of fused-ring (bicyclic) bond motifs is 1. The molecule has 2 N–H and O–H groups in total. The lowest BCUT2D eigenvalue weighted by Crippen LogP contribution is -2.04. The van der Waals surface area contributed by atoms with Gasteiger partial charge in [-0.15, -0.1) is 11.3 Å². The highest BCUT2D eigenvalue weighted by molar-refractivity contribution is 7.14. The van der Waals surface area contributed by atoms with Crippen LogP contribution in [-0.4, -0.2) is 16.7 Å². The van der Waals surface area contributed by atoms with Gasteiger partial charge in [-0.05, 0) is 23.9 Å². The van der Waals surface area contributed by atoms with Gasteiger partial charge in [0.2, 0.25) is 0 Å². The maximum absolute atomic E-state index is 6.03. The van der Waals surface area contributed by atoms with E-state index in [1.807, 2.05) is 36.6 Å². The number of aromatic nitrogens is 2. The predicted octanol–water partition coefficient (Wildman–Crippen LogP) is 3.21. The molecule has 21 heavy (non-hydrogen) atoms. The minimum absolute atomic E-state index is 0.0148. The summed E-state index contributed by atoms with van der Waals surface area (Å²) in [7, 11) is 0. The smallest absolute Gasteiger partial charge is 0.270 e. The van der Waals surface area contributed by atoms with Gasteiger partial charge < -0.3 is 15.0 Å². The Morgan fingerprint density at radius 3 is 3.00 bits per heavy atom. The summed E-state index contributed by atoms with van der Waals surface area (Å²) >= 11 is 1.52. The van der Waals surface area contributed by atoms with Crippen LogP contribution >= 0.6 is 11.3 Å². The van der Waals surface area contributed by atoms with E-state index >= 15 is 0 Å². The molecule has 1 aromatic carbocycles. The molecule has 6 heteroatoms. The molecule has 5 nitrogen and oxygen atoms in total. The second kappa shape index (κ2) is 4.60. The standard InChI is InChI=1S/C15H13N3O2S/c1-8-7-21-13(12(8)16)15-17-14(18-20-15)10-6-19-11-5-3-2-4-9(10)11/h2-5,7,10H,6,16H2,1H3. The van der Waals surface area contributed by atoms with Gasteiger partial charge in [0, 0.05) is 5.56 Å². The maximum Gasteiger partial charge on any atom is 0.270 e. The zero-order valence-electron chi connectivity index (χ0n) is 11.4. The molecule has 1 atom stereocenters. The van der Waals surface area contributed by atoms with Gasteiger partial charge in [0.15, 0.2) is 5.82 Å². The fourth-order valence-electron chi connectivity index (χ4n) is 2.46. The van der Waals surface area contributed by atoms with Crippen LogP contribution in [0.5, 0.6) is 5.75 Å². The summed E-state index contributed by atoms with van der Waals surface area (Å²) in [5.74, 6) is 2.02. The van der Waals surface area contributed by atoms with E-state index in [1.54, 1.807) is 0 Å². The van der Waals surface area contributed by atoms with Gasteiger partial charge in [0.05, 0.1) is 11.6 Å². The molecular weight excluding hydrogens is 286 g/mol. The molecule has 0 spiro atoms. The average Bonchev–Trinajstić information content (AvgIpc) is 3.19. The molecule has 106 valence electrons. The Bertz CT molecular complexity index is 809. The highest BCUT2D eigenvalue weighted by Crippen LogP contribution is 2.38. The number of aryl methyl sites for hydroxylation is 1. The van der Waals surface area contributed by atoms with Crippen molar-refractivity contribution in [3.8, 4) is 16.5 Å². The van der Waals surface area contributed by atoms with Crippen LogP contribution < -0.4 is 10.5 Å². The van der Waals surface area contributed by atoms with Crippen LogP contribution in [0.4, 0.5) is 5.69 Å². The molecule has 0 radical (unpaired) electrons. The second-order valence-corrected chi connectivity index (χ2v) is 5.90. The van der Waals surface area contributed by atoms with Crippen molar-refractivity contribution < 1.29 is 9.26 Å². The van der Waals surface area contributed by atoms with Gasteiger partial charge in [-0.3, -0.25) is 0 Å². The largest absolute Gasteiger partial charge is 0.492 e. The first-order valence-corrected chi connectivity index (χ1v) is 7.51. The van der Waals surface area contributed by atoms with Crippen molar-refractivity contribution in [1.29, 1.82) is 0 Å². The van der Waals surface area contributed by atoms with Crippen LogP contribution in [0.3, 0.4) is 0 Å². The number of benzene rings is 1. The molecule has 3 heterocycles. The number of hydrogen-bond donors (Lipinski definition) is 1. The summed E-state index contributed by atoms with van der Waals surface area (Å²) in [6.45, 7) is 2.50. The topological polar surface area (TPSA) is 74.2 Å². The van der Waals surface area contributed by atoms with Crippen LogP contribution in [0.1, 0.15) is 22.9 Å². The van der Waals surface area contributed by atoms with Crippen molar-refractivity contribution in [3.05, 3.63) is 46.6 Å². The Balaban J connectivity index is 1.71. The minimum atomic E-state index is 0.0148. The summed E-state index contributed by atoms with van der Waals surface area (Å²) in [5, 5.41) is 6.10. The molecule has 0 aliphatic carbocycles. The maximum atomic E-state index is 6.03. The van der Waals surface area contributed by atoms with Gasteiger partial charge in [0.1, 0.15) is 17.2 Å². The third kappa shape index (κ3) is 1.91. The van der Waals surface area contributed by atoms with Gasteiger partial charge >= 0.3 is 0 Å². The Hall–Kier alpha value is -2.34. The first kappa shape index (κ1) is 12.4. The number of thiophene rings is 1. The number of ether oxygens (including phenoxy) is 1. The number of hydrogen-bond acceptors (Lipinski definition) is 6. The van der Waals surface area contributed by atoms with Crippen molar-refractivity contribution in [3.63, 3.8) is 0 Å². The zero-order valence-corrected chi connectivity index (χ0v) is 12.2. The SMILES string of the molecule is Cc1csc(-c2nc(C3COc4ccccc43)no2)c1N. The van der Waals surface area contributed by atoms with Crippen molar-refractivity contribution >= 4 is 17.0 Å². The number of rotatable bonds is 2. The molecule has 0 bridgehead atoms. The van der Waals surface area contributed by atoms with Gasteiger partial charge in [-0.1, -0.05) is 23.4 Å². The highest BCUT2D eigenvalue weighted by Gasteiger charge is 2.30. The molecule has 0 saturated carbocycles. The van der Waals surface area contributed by atoms with Crippen LogP contribution in [0.15, 0.2) is 34.2 Å². The molecule has 0 saturated heterocycles. The Morgan fingerprint density at radius 2 is 2.19 bits per heavy atom. The van der Waals surface area contributed by atoms with Crippen LogP contribution in [0, 0.1) is 6.92 Å². The van der Waals surface area contributed by atoms with Gasteiger partial charge in [0.25, 0.3) is 5.89 Å². The third-order valence-electron chi connectivity index (χ3n) is 3.67. The van der Waals surface area contributed by atoms with Gasteiger partial charge in [-0.25, -0.2) is 0 Å². The van der Waals surface area contributed by atoms with Crippen molar-refractivity contribution in [2.24, 2.45) is 0 Å². The minimum Gasteiger partial charge on any atom is -0.492 e. The van der Waals surface area contributed by atoms with Crippen molar-refractivity contribution in [1.82, 2.24) is 10.1 Å². The molecule has 0 amide bonds. The van der Waals surface area contributed by atoms with E-state index in [0.717, 1.165) is 21.8 Å². The monoisotopic (exact) mass is 299 g/mol. The Morgan fingerprint density at radius 1 is 1.33 bits per heavy atom. The predicted molar refractivity (Wildman–Crippen MR) is 80.5 cm³/mol. The summed E-state index contributed by atoms with van der Waals surface area (Å²) in [6.07, 6.45) is 0. The van der Waals surface area contributed by atoms with Crippen LogP contribution in [-0.2, 0) is 0 Å². The summed E-state index contributed by atoms with van der Waals surface area (Å²) in [5.41, 5.74) is 8.87. The summed E-state index contributed by atoms with van der Waals surface area (Å²) < 4.78 is 11.1. The molecule has 1 aliphatic rings. The zero-order chi connectivity index (χ0) is 14.4. The second-order valence-electron chi connectivity index (χ2n) is 5.02. The summed E-state index contributed by atoms with van der Waals surface area (Å²) in [6, 6.07) is 7.93. The fourth-order valence-corrected chi connectivity index (χ4v) is 3.36. The van der Waals surface area contributed by atoms with Gasteiger partial charge in [-0.2, -0.15) is 4.98 Å². The Labute approximate surface area is 125 Å². The fraction of sp³-hybridized carbons (Fsp3) is 0.200. The molecular formula is C15H13N3O2S. The molecule has 1 unspecified atom stereocenters. The number of anilines is 1. The van der Waals surface area contributed by atoms with E-state index in [0.29, 0.717) is 24.0 Å². The third-order valence-corrected chi connectivity index (χ3v) is 4.77. The number of nitrogens with two attached hydrogens (primary N) is 1. The quantitative estimate of drug-likeness (QED) is 0.786. The lowest BCUT2D eigenvalue weighted by Gasteiger charge is -2.01. The van der Waals surface area contributed by atoms with E-state index in [2.05, 4.69) is 10.1 Å². The molecule has 3 aromatic rings. The molecule has 1 aliphatic heterocycles. The van der Waals surface area contributed by atoms with E-state index in [-0.39, 0.29) is 5.92 Å². The molecule has 0 fully saturated rings. The molecule has 4 rings (SSSR count). The average molecular weight is 299 g/mol. The number of para-hydroxylation sites is 1. The Kier molecular flexibility index (Phi) is 2.71. The lowest BCUT2D eigenvalue weighted by atomic mass is 10.0. The normalized spacial score (nSPS) is 16.7. The first-order chi connectivity index (χ1) is 10.2. The lowest BCUT2D eigenvalue weighted by molar-refractivity contribution is 0.335. The van der Waals surface area contributed by atoms with Crippen molar-refractivity contribution in [2.75, 3.05) is 12.3 Å². The van der Waals surface area contributed by atoms with E-state index < -0.39 is 0 Å². The molecule has 2 aromatic heterocycles. The van der Waals surface area contributed by atoms with E-state index in [9.17, 15) is 0 Å². The highest BCUT2D eigenvalue weighted by atomic mass is 32.1. The van der Waals surface area contributed by atoms with E-state index in [4.69, 9.17) is 15.0 Å². The van der Waals surface area contributed by atoms with E-state index in [1.165, 1.54) is 11.3 Å².